The molecule has 0 saturated carbocycles. The molecule has 0 amide bonds. The fourth-order valence-electron chi connectivity index (χ4n) is 2.40. The Labute approximate surface area is 210 Å². The summed E-state index contributed by atoms with van der Waals surface area (Å²) in [6, 6.07) is 7.77. The molecule has 0 fully saturated rings. The van der Waals surface area contributed by atoms with Crippen LogP contribution in [-0.4, -0.2) is 82.5 Å². The van der Waals surface area contributed by atoms with Gasteiger partial charge in [-0.3, -0.25) is 0 Å². The molecule has 1 aromatic heterocycles. The van der Waals surface area contributed by atoms with E-state index in [2.05, 4.69) is 50.0 Å². The van der Waals surface area contributed by atoms with Gasteiger partial charge in [0.1, 0.15) is 5.75 Å². The predicted molar refractivity (Wildman–Crippen MR) is 135 cm³/mol. The third-order valence-electron chi connectivity index (χ3n) is 3.94. The Hall–Kier alpha value is -2.89. The van der Waals surface area contributed by atoms with Crippen LogP contribution in [0, 0.1) is 0 Å². The quantitative estimate of drug-likeness (QED) is 0.301. The Balaban J connectivity index is 0.000000658. The summed E-state index contributed by atoms with van der Waals surface area (Å²) in [7, 11) is 4.12. The molecule has 0 bridgehead atoms. The van der Waals surface area contributed by atoms with Crippen molar-refractivity contribution in [2.75, 3.05) is 39.6 Å². The molecule has 1 heterocycles. The molecular formula is C24H35N3O7S. The second kappa shape index (κ2) is 15.9. The van der Waals surface area contributed by atoms with Gasteiger partial charge in [-0.05, 0) is 65.6 Å². The van der Waals surface area contributed by atoms with Crippen LogP contribution in [0.4, 0.5) is 0 Å². The van der Waals surface area contributed by atoms with Crippen molar-refractivity contribution < 1.29 is 33.7 Å². The zero-order valence-corrected chi connectivity index (χ0v) is 21.7. The SMILES string of the molecule is CN(C)CCCOc1ccc(-c2nnc(CSCCOC(C)(C)C)o2)cc1.O=C(O)C=CC(=O)O. The van der Waals surface area contributed by atoms with Crippen LogP contribution in [-0.2, 0) is 20.1 Å². The van der Waals surface area contributed by atoms with Crippen LogP contribution in [0.2, 0.25) is 0 Å². The number of carboxylic acids is 2. The molecule has 11 heteroatoms. The number of carbonyl (C=O) groups is 2. The summed E-state index contributed by atoms with van der Waals surface area (Å²) in [6.45, 7) is 8.61. The van der Waals surface area contributed by atoms with Crippen LogP contribution in [0.1, 0.15) is 33.1 Å². The number of carboxylic acid groups (broad SMARTS) is 2. The Morgan fingerprint density at radius 3 is 2.23 bits per heavy atom. The van der Waals surface area contributed by atoms with E-state index in [1.165, 1.54) is 0 Å². The zero-order chi connectivity index (χ0) is 26.3. The average molecular weight is 510 g/mol. The first-order valence-electron chi connectivity index (χ1n) is 11.0. The number of ether oxygens (including phenoxy) is 2. The predicted octanol–water partition coefficient (Wildman–Crippen LogP) is 3.83. The van der Waals surface area contributed by atoms with Gasteiger partial charge in [0.15, 0.2) is 0 Å². The third kappa shape index (κ3) is 15.6. The largest absolute Gasteiger partial charge is 0.494 e. The Bertz CT molecular complexity index is 906. The highest BCUT2D eigenvalue weighted by atomic mass is 32.2. The maximum Gasteiger partial charge on any atom is 0.328 e. The van der Waals surface area contributed by atoms with Crippen LogP contribution in [0.5, 0.6) is 5.75 Å². The van der Waals surface area contributed by atoms with Crippen LogP contribution >= 0.6 is 11.8 Å². The smallest absolute Gasteiger partial charge is 0.328 e. The minimum absolute atomic E-state index is 0.0968. The molecule has 0 atom stereocenters. The maximum absolute atomic E-state index is 9.55. The van der Waals surface area contributed by atoms with E-state index in [1.54, 1.807) is 11.8 Å². The molecule has 0 aliphatic carbocycles. The van der Waals surface area contributed by atoms with Crippen molar-refractivity contribution in [2.24, 2.45) is 0 Å². The zero-order valence-electron chi connectivity index (χ0n) is 20.9. The van der Waals surface area contributed by atoms with Gasteiger partial charge in [-0.2, -0.15) is 0 Å². The van der Waals surface area contributed by atoms with Crippen LogP contribution in [0.15, 0.2) is 40.8 Å². The molecule has 2 rings (SSSR count). The molecule has 0 radical (unpaired) electrons. The van der Waals surface area contributed by atoms with Gasteiger partial charge < -0.3 is 29.0 Å². The second-order valence-corrected chi connectivity index (χ2v) is 9.66. The molecule has 0 aliphatic heterocycles. The number of benzene rings is 1. The van der Waals surface area contributed by atoms with Gasteiger partial charge in [0.2, 0.25) is 11.8 Å². The number of thioether (sulfide) groups is 1. The summed E-state index contributed by atoms with van der Waals surface area (Å²) in [5, 5.41) is 23.9. The fourth-order valence-corrected chi connectivity index (χ4v) is 3.04. The van der Waals surface area contributed by atoms with E-state index in [0.29, 0.717) is 42.9 Å². The molecule has 10 nitrogen and oxygen atoms in total. The van der Waals surface area contributed by atoms with Crippen molar-refractivity contribution in [2.45, 2.75) is 38.5 Å². The van der Waals surface area contributed by atoms with E-state index in [0.717, 1.165) is 30.0 Å². The molecule has 194 valence electrons. The van der Waals surface area contributed by atoms with Crippen LogP contribution in [0.3, 0.4) is 0 Å². The summed E-state index contributed by atoms with van der Waals surface area (Å²) < 4.78 is 17.2. The summed E-state index contributed by atoms with van der Waals surface area (Å²) in [5.74, 6) is 1.10. The van der Waals surface area contributed by atoms with E-state index in [9.17, 15) is 9.59 Å². The van der Waals surface area contributed by atoms with Crippen molar-refractivity contribution in [1.82, 2.24) is 15.1 Å². The van der Waals surface area contributed by atoms with Crippen LogP contribution in [0.25, 0.3) is 11.5 Å². The van der Waals surface area contributed by atoms with E-state index < -0.39 is 11.9 Å². The normalized spacial score (nSPS) is 11.4. The number of aliphatic carboxylic acids is 2. The van der Waals surface area contributed by atoms with Crippen LogP contribution < -0.4 is 4.74 Å². The average Bonchev–Trinajstić information content (AvgIpc) is 3.24. The molecule has 2 N–H and O–H groups in total. The molecule has 2 aromatic rings. The lowest BCUT2D eigenvalue weighted by molar-refractivity contribution is -0.134. The fraction of sp³-hybridized carbons (Fsp3) is 0.500. The van der Waals surface area contributed by atoms with E-state index in [4.69, 9.17) is 24.1 Å². The highest BCUT2D eigenvalue weighted by Gasteiger charge is 2.11. The van der Waals surface area contributed by atoms with Gasteiger partial charge >= 0.3 is 11.9 Å². The Morgan fingerprint density at radius 1 is 1.06 bits per heavy atom. The van der Waals surface area contributed by atoms with Crippen molar-refractivity contribution in [3.63, 3.8) is 0 Å². The third-order valence-corrected chi connectivity index (χ3v) is 4.85. The summed E-state index contributed by atoms with van der Waals surface area (Å²) in [4.78, 5) is 21.3. The van der Waals surface area contributed by atoms with Gasteiger partial charge in [-0.1, -0.05) is 0 Å². The lowest BCUT2D eigenvalue weighted by Crippen LogP contribution is -2.20. The summed E-state index contributed by atoms with van der Waals surface area (Å²) in [5.41, 5.74) is 0.802. The van der Waals surface area contributed by atoms with Gasteiger partial charge in [-0.15, -0.1) is 22.0 Å². The van der Waals surface area contributed by atoms with Crippen molar-refractivity contribution in [3.8, 4) is 17.2 Å². The molecule has 0 spiro atoms. The first-order chi connectivity index (χ1) is 16.5. The minimum atomic E-state index is -1.26. The molecule has 0 aliphatic rings. The van der Waals surface area contributed by atoms with E-state index >= 15 is 0 Å². The number of rotatable bonds is 13. The molecule has 35 heavy (non-hydrogen) atoms. The highest BCUT2D eigenvalue weighted by Crippen LogP contribution is 2.23. The van der Waals surface area contributed by atoms with Crippen molar-refractivity contribution in [1.29, 1.82) is 0 Å². The summed E-state index contributed by atoms with van der Waals surface area (Å²) in [6.07, 6.45) is 2.12. The molecule has 0 unspecified atom stereocenters. The van der Waals surface area contributed by atoms with Gasteiger partial charge in [-0.25, -0.2) is 9.59 Å². The monoisotopic (exact) mass is 509 g/mol. The topological polar surface area (TPSA) is 135 Å². The standard InChI is InChI=1S/C20H31N3O3S.C4H4O4/c1-20(2,3)25-13-14-27-15-18-21-22-19(26-18)16-7-9-17(10-8-16)24-12-6-11-23(4)5;5-3(6)1-2-4(7)8/h7-10H,6,11-15H2,1-5H3;1-2H,(H,5,6)(H,7,8). The Morgan fingerprint density at radius 2 is 1.69 bits per heavy atom. The molecule has 1 aromatic carbocycles. The second-order valence-electron chi connectivity index (χ2n) is 8.55. The number of hydrogen-bond donors (Lipinski definition) is 2. The number of aromatic nitrogens is 2. The first-order valence-corrected chi connectivity index (χ1v) is 12.2. The van der Waals surface area contributed by atoms with Gasteiger partial charge in [0.05, 0.1) is 24.6 Å². The Kier molecular flexibility index (Phi) is 13.7. The number of nitrogens with zero attached hydrogens (tertiary/aromatic N) is 3. The van der Waals surface area contributed by atoms with Crippen molar-refractivity contribution in [3.05, 3.63) is 42.3 Å². The lowest BCUT2D eigenvalue weighted by atomic mass is 10.2. The van der Waals surface area contributed by atoms with Gasteiger partial charge in [0, 0.05) is 30.0 Å². The summed E-state index contributed by atoms with van der Waals surface area (Å²) >= 11 is 1.73. The molecular weight excluding hydrogens is 474 g/mol. The first kappa shape index (κ1) is 30.1. The molecule has 0 saturated heterocycles. The highest BCUT2D eigenvalue weighted by molar-refractivity contribution is 7.98. The lowest BCUT2D eigenvalue weighted by Gasteiger charge is -2.18. The minimum Gasteiger partial charge on any atom is -0.494 e. The van der Waals surface area contributed by atoms with E-state index in [1.807, 2.05) is 24.3 Å². The van der Waals surface area contributed by atoms with E-state index in [-0.39, 0.29) is 5.60 Å². The maximum atomic E-state index is 9.55. The van der Waals surface area contributed by atoms with Gasteiger partial charge in [0.25, 0.3) is 0 Å². The van der Waals surface area contributed by atoms with Crippen molar-refractivity contribution >= 4 is 23.7 Å². The number of hydrogen-bond acceptors (Lipinski definition) is 9.